The third kappa shape index (κ3) is 3.61. The van der Waals surface area contributed by atoms with E-state index in [-0.39, 0.29) is 0 Å². The van der Waals surface area contributed by atoms with Gasteiger partial charge in [0.1, 0.15) is 0 Å². The zero-order valence-corrected chi connectivity index (χ0v) is 19.3. The minimum absolute atomic E-state index is 0.344. The summed E-state index contributed by atoms with van der Waals surface area (Å²) in [6, 6.07) is 0. The van der Waals surface area contributed by atoms with Crippen LogP contribution >= 0.6 is 0 Å². The summed E-state index contributed by atoms with van der Waals surface area (Å²) in [4.78, 5) is 0. The first kappa shape index (κ1) is 10.3. The zero-order chi connectivity index (χ0) is 6.69. The van der Waals surface area contributed by atoms with Crippen molar-refractivity contribution >= 4 is 55.5 Å². The molecule has 1 unspecified atom stereocenters. The molecule has 1 aliphatic heterocycles. The van der Waals surface area contributed by atoms with Crippen LogP contribution in [-0.2, 0) is 0.545 Å². The summed E-state index contributed by atoms with van der Waals surface area (Å²) in [6.45, 7) is 2.45. The Bertz CT molecular complexity index is 87.0. The normalized spacial score (nSPS) is 30.6. The van der Waals surface area contributed by atoms with Crippen LogP contribution in [-0.4, -0.2) is 67.8 Å². The van der Waals surface area contributed by atoms with Crippen molar-refractivity contribution < 1.29 is 44.0 Å². The molecular weight excluding hydrogens is 402 g/mol. The molecule has 9 heavy (non-hydrogen) atoms. The number of rotatable bonds is 2. The van der Waals surface area contributed by atoms with Crippen LogP contribution < -0.4 is 5.32 Å². The van der Waals surface area contributed by atoms with Gasteiger partial charge in [0, 0.05) is 0 Å². The summed E-state index contributed by atoms with van der Waals surface area (Å²) in [5, 5.41) is 3.37. The Morgan fingerprint density at radius 1 is 1.78 bits per heavy atom. The maximum atomic E-state index is 5.52. The Labute approximate surface area is 126 Å². The van der Waals surface area contributed by atoms with E-state index in [1.807, 2.05) is 0 Å². The van der Waals surface area contributed by atoms with Crippen molar-refractivity contribution in [2.45, 2.75) is 5.59 Å². The van der Waals surface area contributed by atoms with E-state index in [9.17, 15) is 0 Å². The van der Waals surface area contributed by atoms with Gasteiger partial charge in [-0.3, -0.25) is 0 Å². The predicted octanol–water partition coefficient (Wildman–Crippen LogP) is -0.696. The molecule has 0 spiro atoms. The molecule has 1 aliphatic rings. The van der Waals surface area contributed by atoms with Gasteiger partial charge < -0.3 is 0 Å². The average molecular weight is 412 g/mol. The van der Waals surface area contributed by atoms with Gasteiger partial charge in [0.15, 0.2) is 0 Å². The average Bonchev–Trinajstić information content (AvgIpc) is 2.37. The quantitative estimate of drug-likeness (QED) is 0.649. The first-order valence-corrected chi connectivity index (χ1v) is 9.77. The van der Waals surface area contributed by atoms with E-state index < -0.39 is 0 Å². The standard InChI is InChI=1S/C5H9NO.Ra.Rb.H/c7-4-5-1-2-6-3-5;;;/h4-6H,1-3H2;;;/q-1;+1;;/t5-;;;/m0.../s1. The number of hydrogen-bond acceptors (Lipinski definition) is 2. The zero-order valence-electron chi connectivity index (χ0n) is 6.18. The third-order valence-corrected chi connectivity index (χ3v) is 18.2. The Kier molecular flexibility index (Phi) is 6.59. The van der Waals surface area contributed by atoms with Gasteiger partial charge in [0.05, 0.1) is 0 Å². The van der Waals surface area contributed by atoms with Gasteiger partial charge >= 0.3 is 129 Å². The predicted molar refractivity (Wildman–Crippen MR) is 33.0 cm³/mol. The monoisotopic (exact) mass is 411 g/mol. The van der Waals surface area contributed by atoms with Gasteiger partial charge in [-0.15, -0.1) is 0 Å². The SMILES string of the molecule is [Rb][CH]([O][RaH])[C@H]1CCNC1. The Morgan fingerprint density at radius 2 is 2.56 bits per heavy atom. The molecule has 0 radical (unpaired) electrons. The van der Waals surface area contributed by atoms with Crippen LogP contribution in [0.15, 0.2) is 0 Å². The molecule has 1 N–H and O–H groups in total. The van der Waals surface area contributed by atoms with Crippen molar-refractivity contribution in [3.63, 3.8) is 0 Å². The second-order valence-corrected chi connectivity index (χ2v) is 7.43. The molecule has 0 amide bonds. The van der Waals surface area contributed by atoms with Crippen molar-refractivity contribution in [3.05, 3.63) is 0 Å². The van der Waals surface area contributed by atoms with Gasteiger partial charge in [0.25, 0.3) is 0 Å². The fraction of sp³-hybridized carbons (Fsp3) is 1.00. The molecule has 4 heteroatoms. The van der Waals surface area contributed by atoms with Crippen molar-refractivity contribution in [2.24, 2.45) is 5.92 Å². The maximum absolute atomic E-state index is 5.52. The minimum atomic E-state index is 0.344. The topological polar surface area (TPSA) is 21.3 Å². The van der Waals surface area contributed by atoms with Gasteiger partial charge in [-0.25, -0.2) is 0 Å². The molecule has 1 fully saturated rings. The number of hydrogen-bond donors (Lipinski definition) is 1. The van der Waals surface area contributed by atoms with E-state index in [1.165, 1.54) is 19.5 Å². The van der Waals surface area contributed by atoms with E-state index in [0.717, 1.165) is 60.6 Å². The van der Waals surface area contributed by atoms with Gasteiger partial charge in [-0.05, 0) is 0 Å². The summed E-state index contributed by atoms with van der Waals surface area (Å²) in [5.41, 5.74) is 0. The fourth-order valence-electron chi connectivity index (χ4n) is 1.27. The fourth-order valence-corrected chi connectivity index (χ4v) is 4.25. The van der Waals surface area contributed by atoms with E-state index in [0.29, 0.717) is 43.4 Å². The summed E-state index contributed by atoms with van der Waals surface area (Å²) < 4.78 is 6.26. The molecule has 1 heterocycles. The second-order valence-electron chi connectivity index (χ2n) is 2.69. The molecular formula is C5H10NORaRb. The van der Waals surface area contributed by atoms with Crippen molar-refractivity contribution in [1.82, 2.24) is 5.32 Å². The van der Waals surface area contributed by atoms with Crippen LogP contribution in [0.25, 0.3) is 0 Å². The molecule has 2 nitrogen and oxygen atoms in total. The molecule has 0 aromatic heterocycles. The second kappa shape index (κ2) is 5.77. The van der Waals surface area contributed by atoms with E-state index in [4.69, 9.17) is 0.545 Å². The molecule has 44 valence electrons. The first-order valence-electron chi connectivity index (χ1n) is 3.58. The van der Waals surface area contributed by atoms with E-state index in [1.54, 1.807) is 0 Å². The van der Waals surface area contributed by atoms with Gasteiger partial charge in [-0.1, -0.05) is 0 Å². The van der Waals surface area contributed by atoms with Crippen molar-refractivity contribution in [3.8, 4) is 0 Å². The molecule has 0 aromatic carbocycles. The van der Waals surface area contributed by atoms with Crippen molar-refractivity contribution in [1.29, 1.82) is 0 Å². The molecule has 0 bridgehead atoms. The van der Waals surface area contributed by atoms with Crippen molar-refractivity contribution in [2.75, 3.05) is 13.1 Å². The van der Waals surface area contributed by atoms with E-state index in [2.05, 4.69) is 5.32 Å². The third-order valence-electron chi connectivity index (χ3n) is 2.13. The molecule has 1 saturated heterocycles. The molecule has 1 rings (SSSR count). The van der Waals surface area contributed by atoms with Crippen LogP contribution in [0.5, 0.6) is 0 Å². The van der Waals surface area contributed by atoms with Crippen LogP contribution in [0, 0.1) is 49.3 Å². The van der Waals surface area contributed by atoms with Crippen LogP contribution in [0.4, 0.5) is 0 Å². The van der Waals surface area contributed by atoms with Crippen LogP contribution in [0.3, 0.4) is 0 Å². The van der Waals surface area contributed by atoms with Crippen LogP contribution in [0.2, 0.25) is 0 Å². The summed E-state index contributed by atoms with van der Waals surface area (Å²) in [5.74, 6) is 0.896. The molecule has 0 aliphatic carbocycles. The Hall–Kier alpha value is 3.19. The first-order chi connectivity index (χ1) is 4.34. The van der Waals surface area contributed by atoms with Crippen LogP contribution in [0.1, 0.15) is 6.42 Å². The van der Waals surface area contributed by atoms with Gasteiger partial charge in [0.2, 0.25) is 0 Å². The molecule has 0 saturated carbocycles. The Morgan fingerprint density at radius 3 is 3.00 bits per heavy atom. The summed E-state index contributed by atoms with van der Waals surface area (Å²) >= 11 is 1.08. The summed E-state index contributed by atoms with van der Waals surface area (Å²) in [6.07, 6.45) is 1.36. The molecule has 2 atom stereocenters. The van der Waals surface area contributed by atoms with E-state index >= 15 is 0 Å². The van der Waals surface area contributed by atoms with Gasteiger partial charge in [-0.2, -0.15) is 0 Å². The molecule has 0 aromatic rings. The summed E-state index contributed by atoms with van der Waals surface area (Å²) in [7, 11) is 0. The number of nitrogens with one attached hydrogen (secondary N) is 1. The Balaban J connectivity index is 2.24.